The van der Waals surface area contributed by atoms with Gasteiger partial charge in [0.2, 0.25) is 0 Å². The highest BCUT2D eigenvalue weighted by Gasteiger charge is 2.41. The van der Waals surface area contributed by atoms with Crippen LogP contribution in [-0.2, 0) is 0 Å². The minimum absolute atomic E-state index is 0.737. The van der Waals surface area contributed by atoms with E-state index in [1.165, 1.54) is 0 Å². The molecule has 0 amide bonds. The highest BCUT2D eigenvalue weighted by atomic mass is 32.3. The van der Waals surface area contributed by atoms with Crippen LogP contribution in [0.5, 0.6) is 0 Å². The maximum atomic E-state index is 3.76. The van der Waals surface area contributed by atoms with Gasteiger partial charge in [-0.1, -0.05) is 0 Å². The van der Waals surface area contributed by atoms with Crippen LogP contribution >= 0.6 is 10.4 Å². The third-order valence-electron chi connectivity index (χ3n) is 1.65. The number of hydrogen-bond acceptors (Lipinski definition) is 3. The van der Waals surface area contributed by atoms with Gasteiger partial charge in [-0.3, -0.25) is 8.78 Å². The van der Waals surface area contributed by atoms with Crippen molar-refractivity contribution in [1.29, 1.82) is 0 Å². The van der Waals surface area contributed by atoms with Crippen molar-refractivity contribution in [2.45, 2.75) is 26.2 Å². The van der Waals surface area contributed by atoms with E-state index < -0.39 is 27.2 Å². The second-order valence-corrected chi connectivity index (χ2v) is 16.7. The summed E-state index contributed by atoms with van der Waals surface area (Å²) in [4.78, 5) is 0. The summed E-state index contributed by atoms with van der Waals surface area (Å²) in [7, 11) is -3.39. The van der Waals surface area contributed by atoms with Gasteiger partial charge in [0.05, 0.1) is 0 Å². The molecule has 12 heavy (non-hydrogen) atoms. The standard InChI is InChI=1S/C6H21N3SSi2/c1-10(2)7-11(3,4)9-12(5,6)8-10/h7-9H,1-6H3. The Morgan fingerprint density at radius 2 is 1.17 bits per heavy atom. The van der Waals surface area contributed by atoms with Crippen molar-refractivity contribution in [3.8, 4) is 0 Å². The highest BCUT2D eigenvalue weighted by molar-refractivity contribution is 8.31. The molecule has 0 aliphatic carbocycles. The lowest BCUT2D eigenvalue weighted by Crippen LogP contribution is -2.78. The molecule has 1 heterocycles. The average molecular weight is 223 g/mol. The smallest absolute Gasteiger partial charge is 0.198 e. The zero-order chi connectivity index (χ0) is 9.62. The molecule has 1 rings (SSSR count). The first-order chi connectivity index (χ1) is 5.12. The Labute approximate surface area is 79.6 Å². The molecule has 6 heteroatoms. The lowest BCUT2D eigenvalue weighted by atomic mass is 11.9. The predicted molar refractivity (Wildman–Crippen MR) is 63.8 cm³/mol. The third-order valence-corrected chi connectivity index (χ3v) is 14.8. The van der Waals surface area contributed by atoms with Crippen molar-refractivity contribution in [3.63, 3.8) is 0 Å². The van der Waals surface area contributed by atoms with Crippen molar-refractivity contribution >= 4 is 27.2 Å². The van der Waals surface area contributed by atoms with Crippen molar-refractivity contribution in [3.05, 3.63) is 0 Å². The maximum Gasteiger partial charge on any atom is 0.198 e. The van der Waals surface area contributed by atoms with Gasteiger partial charge in [-0.25, -0.2) is 0 Å². The van der Waals surface area contributed by atoms with Crippen LogP contribution in [0.15, 0.2) is 0 Å². The summed E-state index contributed by atoms with van der Waals surface area (Å²) in [5.41, 5.74) is 0. The van der Waals surface area contributed by atoms with Gasteiger partial charge in [0.25, 0.3) is 0 Å². The molecule has 0 radical (unpaired) electrons. The number of hydrogen-bond donors (Lipinski definition) is 3. The van der Waals surface area contributed by atoms with Gasteiger partial charge in [0, 0.05) is 0 Å². The number of rotatable bonds is 0. The lowest BCUT2D eigenvalue weighted by Gasteiger charge is -2.53. The molecule has 1 aliphatic rings. The SMILES string of the molecule is C[Si]1(C)N[Si](C)(C)NS(C)(C)N1. The summed E-state index contributed by atoms with van der Waals surface area (Å²) in [5.74, 6) is 0. The molecule has 3 nitrogen and oxygen atoms in total. The molecule has 0 aromatic rings. The van der Waals surface area contributed by atoms with Crippen molar-refractivity contribution in [2.24, 2.45) is 0 Å². The monoisotopic (exact) mass is 223 g/mol. The van der Waals surface area contributed by atoms with Crippen LogP contribution in [0.1, 0.15) is 0 Å². The molecular formula is C6H21N3SSi2. The molecule has 0 spiro atoms. The average Bonchev–Trinajstić information content (AvgIpc) is 1.44. The van der Waals surface area contributed by atoms with E-state index >= 15 is 0 Å². The quantitative estimate of drug-likeness (QED) is 0.538. The summed E-state index contributed by atoms with van der Waals surface area (Å²) in [6.07, 6.45) is 4.61. The lowest BCUT2D eigenvalue weighted by molar-refractivity contribution is 1.12. The molecule has 0 aromatic heterocycles. The van der Waals surface area contributed by atoms with E-state index in [0.717, 1.165) is 0 Å². The molecule has 0 bridgehead atoms. The van der Waals surface area contributed by atoms with E-state index in [4.69, 9.17) is 0 Å². The Morgan fingerprint density at radius 1 is 0.833 bits per heavy atom. The highest BCUT2D eigenvalue weighted by Crippen LogP contribution is 2.35. The van der Waals surface area contributed by atoms with E-state index in [0.29, 0.717) is 0 Å². The molecule has 0 atom stereocenters. The minimum Gasteiger partial charge on any atom is -0.335 e. The van der Waals surface area contributed by atoms with Crippen LogP contribution < -0.4 is 13.4 Å². The molecule has 3 N–H and O–H groups in total. The van der Waals surface area contributed by atoms with Crippen molar-refractivity contribution in [1.82, 2.24) is 13.4 Å². The van der Waals surface area contributed by atoms with Gasteiger partial charge in [0.15, 0.2) is 16.8 Å². The predicted octanol–water partition coefficient (Wildman–Crippen LogP) is 1.07. The summed E-state index contributed by atoms with van der Waals surface area (Å²) in [6.45, 7) is 9.38. The van der Waals surface area contributed by atoms with Crippen LogP contribution in [0.4, 0.5) is 0 Å². The summed E-state index contributed by atoms with van der Waals surface area (Å²) < 4.78 is 11.2. The molecular weight excluding hydrogens is 202 g/mol. The van der Waals surface area contributed by atoms with Crippen molar-refractivity contribution < 1.29 is 0 Å². The molecule has 1 saturated heterocycles. The largest absolute Gasteiger partial charge is 0.335 e. The van der Waals surface area contributed by atoms with Gasteiger partial charge < -0.3 is 4.65 Å². The van der Waals surface area contributed by atoms with E-state index in [1.54, 1.807) is 0 Å². The zero-order valence-electron chi connectivity index (χ0n) is 8.91. The molecule has 0 saturated carbocycles. The van der Waals surface area contributed by atoms with Crippen LogP contribution in [0, 0.1) is 0 Å². The second kappa shape index (κ2) is 2.83. The fraction of sp³-hybridized carbons (Fsp3) is 1.00. The van der Waals surface area contributed by atoms with E-state index in [-0.39, 0.29) is 0 Å². The van der Waals surface area contributed by atoms with E-state index in [9.17, 15) is 0 Å². The Kier molecular flexibility index (Phi) is 2.53. The topological polar surface area (TPSA) is 36.1 Å². The van der Waals surface area contributed by atoms with Gasteiger partial charge in [-0.05, 0) is 38.7 Å². The fourth-order valence-electron chi connectivity index (χ4n) is 2.13. The molecule has 74 valence electrons. The fourth-order valence-corrected chi connectivity index (χ4v) is 20.6. The van der Waals surface area contributed by atoms with Crippen LogP contribution in [0.2, 0.25) is 26.2 Å². The first kappa shape index (κ1) is 10.7. The van der Waals surface area contributed by atoms with Crippen LogP contribution in [0.3, 0.4) is 0 Å². The first-order valence-corrected chi connectivity index (χ1v) is 12.7. The Hall–Kier alpha value is 0.664. The Morgan fingerprint density at radius 3 is 1.42 bits per heavy atom. The van der Waals surface area contributed by atoms with Gasteiger partial charge >= 0.3 is 0 Å². The Bertz CT molecular complexity index is 148. The van der Waals surface area contributed by atoms with Gasteiger partial charge in [-0.2, -0.15) is 10.4 Å². The molecule has 1 fully saturated rings. The van der Waals surface area contributed by atoms with Crippen LogP contribution in [0.25, 0.3) is 0 Å². The summed E-state index contributed by atoms with van der Waals surface area (Å²) in [5, 5.41) is 0. The summed E-state index contributed by atoms with van der Waals surface area (Å²) >= 11 is 0. The normalized spacial score (nSPS) is 34.2. The van der Waals surface area contributed by atoms with Gasteiger partial charge in [-0.15, -0.1) is 0 Å². The third kappa shape index (κ3) is 2.86. The van der Waals surface area contributed by atoms with Crippen molar-refractivity contribution in [2.75, 3.05) is 12.5 Å². The zero-order valence-corrected chi connectivity index (χ0v) is 11.7. The summed E-state index contributed by atoms with van der Waals surface area (Å²) in [6, 6.07) is 0. The minimum atomic E-state index is -1.33. The first-order valence-electron chi connectivity index (χ1n) is 4.22. The molecule has 1 aliphatic heterocycles. The molecule has 0 aromatic carbocycles. The second-order valence-electron chi connectivity index (χ2n) is 4.91. The molecule has 0 unspecified atom stereocenters. The van der Waals surface area contributed by atoms with Gasteiger partial charge in [0.1, 0.15) is 0 Å². The number of nitrogens with one attached hydrogen (secondary N) is 3. The Balaban J connectivity index is 2.81. The van der Waals surface area contributed by atoms with Crippen LogP contribution in [-0.4, -0.2) is 29.3 Å². The van der Waals surface area contributed by atoms with E-state index in [2.05, 4.69) is 52.1 Å². The van der Waals surface area contributed by atoms with E-state index in [1.807, 2.05) is 0 Å². The maximum absolute atomic E-state index is 3.76.